The Kier molecular flexibility index (Phi) is 6.44. The molecule has 6 heteroatoms. The van der Waals surface area contributed by atoms with Crippen LogP contribution in [0.2, 0.25) is 5.02 Å². The van der Waals surface area contributed by atoms with Gasteiger partial charge in [-0.15, -0.1) is 11.3 Å². The Morgan fingerprint density at radius 3 is 2.48 bits per heavy atom. The minimum absolute atomic E-state index is 0.0684. The third-order valence-electron chi connectivity index (χ3n) is 5.70. The molecule has 2 atom stereocenters. The van der Waals surface area contributed by atoms with E-state index in [1.54, 1.807) is 35.6 Å². The van der Waals surface area contributed by atoms with Crippen molar-refractivity contribution in [3.63, 3.8) is 0 Å². The summed E-state index contributed by atoms with van der Waals surface area (Å²) in [6.45, 7) is 4.52. The van der Waals surface area contributed by atoms with Crippen LogP contribution in [0.25, 0.3) is 0 Å². The molecule has 0 bridgehead atoms. The van der Waals surface area contributed by atoms with Crippen molar-refractivity contribution in [1.82, 2.24) is 10.2 Å². The predicted octanol–water partition coefficient (Wildman–Crippen LogP) is 5.33. The van der Waals surface area contributed by atoms with Crippen molar-refractivity contribution >= 4 is 34.8 Å². The fourth-order valence-corrected chi connectivity index (χ4v) is 5.23. The van der Waals surface area contributed by atoms with Gasteiger partial charge in [0.2, 0.25) is 5.91 Å². The molecule has 0 spiro atoms. The molecule has 4 rings (SSSR count). The van der Waals surface area contributed by atoms with Gasteiger partial charge in [-0.3, -0.25) is 9.59 Å². The lowest BCUT2D eigenvalue weighted by atomic mass is 9.91. The standard InChI is InChI=1S/C25H25ClN2O2S/c1-16(2)22(27-24(29)18-10-6-7-11-20(18)26)25(30)28-14-12-21-19(13-15-31-21)23(28)17-8-4-3-5-9-17/h3-11,13,15-16,22-23H,12,14H2,1-2H3,(H,27,29). The number of hydrogen-bond acceptors (Lipinski definition) is 3. The van der Waals surface area contributed by atoms with Crippen LogP contribution in [-0.4, -0.2) is 29.3 Å². The lowest BCUT2D eigenvalue weighted by Crippen LogP contribution is -2.53. The van der Waals surface area contributed by atoms with E-state index in [1.807, 2.05) is 36.9 Å². The summed E-state index contributed by atoms with van der Waals surface area (Å²) in [7, 11) is 0. The van der Waals surface area contributed by atoms with Gasteiger partial charge in [-0.2, -0.15) is 0 Å². The predicted molar refractivity (Wildman–Crippen MR) is 126 cm³/mol. The third kappa shape index (κ3) is 4.39. The van der Waals surface area contributed by atoms with Gasteiger partial charge in [0.05, 0.1) is 16.6 Å². The highest BCUT2D eigenvalue weighted by Crippen LogP contribution is 2.38. The van der Waals surface area contributed by atoms with Crippen molar-refractivity contribution in [3.05, 3.63) is 92.6 Å². The number of hydrogen-bond donors (Lipinski definition) is 1. The Bertz CT molecular complexity index is 1080. The number of fused-ring (bicyclic) bond motifs is 1. The average Bonchev–Trinajstić information content (AvgIpc) is 3.25. The van der Waals surface area contributed by atoms with Crippen molar-refractivity contribution < 1.29 is 9.59 Å². The molecule has 0 radical (unpaired) electrons. The van der Waals surface area contributed by atoms with Crippen LogP contribution in [0.1, 0.15) is 46.3 Å². The van der Waals surface area contributed by atoms with Crippen molar-refractivity contribution in [2.45, 2.75) is 32.4 Å². The van der Waals surface area contributed by atoms with Crippen molar-refractivity contribution in [1.29, 1.82) is 0 Å². The zero-order valence-electron chi connectivity index (χ0n) is 17.5. The van der Waals surface area contributed by atoms with E-state index in [2.05, 4.69) is 28.9 Å². The number of amides is 2. The largest absolute Gasteiger partial charge is 0.340 e. The van der Waals surface area contributed by atoms with Crippen LogP contribution in [0.15, 0.2) is 66.0 Å². The summed E-state index contributed by atoms with van der Waals surface area (Å²) in [5, 5.41) is 5.41. The first kappa shape index (κ1) is 21.6. The number of carbonyl (C=O) groups excluding carboxylic acids is 2. The molecule has 4 nitrogen and oxygen atoms in total. The topological polar surface area (TPSA) is 49.4 Å². The van der Waals surface area contributed by atoms with E-state index in [-0.39, 0.29) is 23.8 Å². The van der Waals surface area contributed by atoms with E-state index < -0.39 is 6.04 Å². The van der Waals surface area contributed by atoms with E-state index in [4.69, 9.17) is 11.6 Å². The minimum Gasteiger partial charge on any atom is -0.340 e. The Balaban J connectivity index is 1.65. The van der Waals surface area contributed by atoms with Gasteiger partial charge in [-0.25, -0.2) is 0 Å². The smallest absolute Gasteiger partial charge is 0.253 e. The summed E-state index contributed by atoms with van der Waals surface area (Å²) >= 11 is 7.94. The first-order valence-electron chi connectivity index (χ1n) is 10.4. The number of halogens is 1. The molecule has 0 aliphatic carbocycles. The van der Waals surface area contributed by atoms with Gasteiger partial charge in [0.25, 0.3) is 5.91 Å². The Hall–Kier alpha value is -2.63. The molecule has 2 amide bonds. The number of rotatable bonds is 5. The third-order valence-corrected chi connectivity index (χ3v) is 7.03. The number of nitrogens with one attached hydrogen (secondary N) is 1. The highest BCUT2D eigenvalue weighted by molar-refractivity contribution is 7.10. The fraction of sp³-hybridized carbons (Fsp3) is 0.280. The molecule has 160 valence electrons. The SMILES string of the molecule is CC(C)C(NC(=O)c1ccccc1Cl)C(=O)N1CCc2sccc2C1c1ccccc1. The molecule has 1 aromatic heterocycles. The normalized spacial score (nSPS) is 16.6. The van der Waals surface area contributed by atoms with Crippen LogP contribution < -0.4 is 5.32 Å². The highest BCUT2D eigenvalue weighted by atomic mass is 35.5. The first-order valence-corrected chi connectivity index (χ1v) is 11.7. The van der Waals surface area contributed by atoms with Crippen LogP contribution in [0, 0.1) is 5.92 Å². The van der Waals surface area contributed by atoms with Crippen LogP contribution >= 0.6 is 22.9 Å². The van der Waals surface area contributed by atoms with Gasteiger partial charge in [0.15, 0.2) is 0 Å². The van der Waals surface area contributed by atoms with E-state index in [0.717, 1.165) is 12.0 Å². The number of carbonyl (C=O) groups is 2. The van der Waals surface area contributed by atoms with E-state index in [0.29, 0.717) is 17.1 Å². The highest BCUT2D eigenvalue weighted by Gasteiger charge is 2.37. The molecule has 1 aliphatic heterocycles. The van der Waals surface area contributed by atoms with E-state index >= 15 is 0 Å². The van der Waals surface area contributed by atoms with Gasteiger partial charge in [0.1, 0.15) is 6.04 Å². The van der Waals surface area contributed by atoms with Crippen molar-refractivity contribution in [2.75, 3.05) is 6.54 Å². The van der Waals surface area contributed by atoms with Gasteiger partial charge in [-0.1, -0.05) is 67.9 Å². The Morgan fingerprint density at radius 1 is 1.06 bits per heavy atom. The molecule has 0 fully saturated rings. The summed E-state index contributed by atoms with van der Waals surface area (Å²) in [6.07, 6.45) is 0.825. The molecule has 1 N–H and O–H groups in total. The maximum Gasteiger partial charge on any atom is 0.253 e. The Labute approximate surface area is 191 Å². The quantitative estimate of drug-likeness (QED) is 0.568. The molecule has 0 saturated carbocycles. The molecule has 0 saturated heterocycles. The Morgan fingerprint density at radius 2 is 1.77 bits per heavy atom. The van der Waals surface area contributed by atoms with Crippen LogP contribution in [0.3, 0.4) is 0 Å². The van der Waals surface area contributed by atoms with Crippen LogP contribution in [-0.2, 0) is 11.2 Å². The monoisotopic (exact) mass is 452 g/mol. The second-order valence-corrected chi connectivity index (χ2v) is 9.48. The molecular weight excluding hydrogens is 428 g/mol. The van der Waals surface area contributed by atoms with Gasteiger partial charge in [0, 0.05) is 11.4 Å². The summed E-state index contributed by atoms with van der Waals surface area (Å²) < 4.78 is 0. The molecule has 3 aromatic rings. The molecule has 2 heterocycles. The van der Waals surface area contributed by atoms with Gasteiger partial charge >= 0.3 is 0 Å². The average molecular weight is 453 g/mol. The fourth-order valence-electron chi connectivity index (χ4n) is 4.11. The lowest BCUT2D eigenvalue weighted by Gasteiger charge is -2.39. The van der Waals surface area contributed by atoms with Crippen LogP contribution in [0.5, 0.6) is 0 Å². The maximum absolute atomic E-state index is 13.8. The van der Waals surface area contributed by atoms with Gasteiger partial charge in [-0.05, 0) is 47.0 Å². The first-order chi connectivity index (χ1) is 15.0. The lowest BCUT2D eigenvalue weighted by molar-refractivity contribution is -0.136. The summed E-state index contributed by atoms with van der Waals surface area (Å²) in [5.74, 6) is -0.470. The minimum atomic E-state index is -0.643. The zero-order chi connectivity index (χ0) is 22.0. The maximum atomic E-state index is 13.8. The van der Waals surface area contributed by atoms with Crippen LogP contribution in [0.4, 0.5) is 0 Å². The van der Waals surface area contributed by atoms with Crippen molar-refractivity contribution in [2.24, 2.45) is 5.92 Å². The molecule has 31 heavy (non-hydrogen) atoms. The number of benzene rings is 2. The second kappa shape index (κ2) is 9.25. The molecule has 2 unspecified atom stereocenters. The number of nitrogens with zero attached hydrogens (tertiary/aromatic N) is 1. The second-order valence-electron chi connectivity index (χ2n) is 8.07. The van der Waals surface area contributed by atoms with Gasteiger partial charge < -0.3 is 10.2 Å². The molecule has 1 aliphatic rings. The zero-order valence-corrected chi connectivity index (χ0v) is 19.1. The molecular formula is C25H25ClN2O2S. The summed E-state index contributed by atoms with van der Waals surface area (Å²) in [4.78, 5) is 29.9. The van der Waals surface area contributed by atoms with Crippen molar-refractivity contribution in [3.8, 4) is 0 Å². The summed E-state index contributed by atoms with van der Waals surface area (Å²) in [5.41, 5.74) is 2.63. The summed E-state index contributed by atoms with van der Waals surface area (Å²) in [6, 6.07) is 18.3. The van der Waals surface area contributed by atoms with E-state index in [1.165, 1.54) is 10.4 Å². The number of thiophene rings is 1. The van der Waals surface area contributed by atoms with E-state index in [9.17, 15) is 9.59 Å². The molecule has 2 aromatic carbocycles.